The summed E-state index contributed by atoms with van der Waals surface area (Å²) < 4.78 is 9.07. The molecule has 1 aliphatic carbocycles. The van der Waals surface area contributed by atoms with E-state index in [2.05, 4.69) is 176 Å². The molecule has 0 saturated heterocycles. The van der Waals surface area contributed by atoms with Gasteiger partial charge in [-0.15, -0.1) is 0 Å². The Hall–Kier alpha value is -7.30. The molecular formula is C53H33N3O. The first kappa shape index (κ1) is 31.0. The smallest absolute Gasteiger partial charge is 0.235 e. The molecule has 0 unspecified atom stereocenters. The summed E-state index contributed by atoms with van der Waals surface area (Å²) in [6.45, 7) is 4.61. The number of benzene rings is 9. The van der Waals surface area contributed by atoms with Gasteiger partial charge < -0.3 is 4.42 Å². The molecule has 0 amide bonds. The summed E-state index contributed by atoms with van der Waals surface area (Å²) in [6.07, 6.45) is 0. The molecule has 3 heterocycles. The van der Waals surface area contributed by atoms with Crippen molar-refractivity contribution in [1.29, 1.82) is 0 Å². The number of hydrogen-bond acceptors (Lipinski definition) is 3. The molecule has 0 aliphatic heterocycles. The van der Waals surface area contributed by atoms with Crippen molar-refractivity contribution in [2.45, 2.75) is 19.3 Å². The van der Waals surface area contributed by atoms with Gasteiger partial charge >= 0.3 is 0 Å². The van der Waals surface area contributed by atoms with Crippen LogP contribution in [0.2, 0.25) is 0 Å². The van der Waals surface area contributed by atoms with Crippen LogP contribution in [0.4, 0.5) is 0 Å². The van der Waals surface area contributed by atoms with Crippen molar-refractivity contribution >= 4 is 86.8 Å². The maximum absolute atomic E-state index is 6.73. The lowest BCUT2D eigenvalue weighted by molar-refractivity contribution is 0.654. The Kier molecular flexibility index (Phi) is 5.94. The van der Waals surface area contributed by atoms with Crippen molar-refractivity contribution < 1.29 is 4.42 Å². The Balaban J connectivity index is 1.24. The van der Waals surface area contributed by atoms with E-state index < -0.39 is 0 Å². The summed E-state index contributed by atoms with van der Waals surface area (Å²) in [4.78, 5) is 11.4. The highest BCUT2D eigenvalue weighted by Gasteiger charge is 2.41. The zero-order chi connectivity index (χ0) is 37.6. The Morgan fingerprint density at radius 1 is 0.456 bits per heavy atom. The molecule has 0 atom stereocenters. The van der Waals surface area contributed by atoms with E-state index in [4.69, 9.17) is 14.4 Å². The van der Waals surface area contributed by atoms with E-state index in [-0.39, 0.29) is 5.41 Å². The van der Waals surface area contributed by atoms with Crippen LogP contribution in [0.25, 0.3) is 115 Å². The van der Waals surface area contributed by atoms with E-state index in [0.29, 0.717) is 5.95 Å². The van der Waals surface area contributed by atoms with Crippen LogP contribution in [0, 0.1) is 0 Å². The third-order valence-corrected chi connectivity index (χ3v) is 12.8. The first-order valence-corrected chi connectivity index (χ1v) is 19.7. The molecule has 13 rings (SSSR count). The average Bonchev–Trinajstić information content (AvgIpc) is 3.89. The van der Waals surface area contributed by atoms with Crippen LogP contribution in [0.15, 0.2) is 168 Å². The van der Waals surface area contributed by atoms with Gasteiger partial charge in [-0.2, -0.15) is 0 Å². The minimum atomic E-state index is -0.350. The molecule has 0 saturated carbocycles. The van der Waals surface area contributed by atoms with Gasteiger partial charge in [0, 0.05) is 54.4 Å². The van der Waals surface area contributed by atoms with Gasteiger partial charge in [0.2, 0.25) is 5.95 Å². The van der Waals surface area contributed by atoms with Crippen LogP contribution in [-0.2, 0) is 5.41 Å². The molecule has 266 valence electrons. The van der Waals surface area contributed by atoms with E-state index in [0.717, 1.165) is 66.4 Å². The van der Waals surface area contributed by atoms with Crippen molar-refractivity contribution in [3.05, 3.63) is 175 Å². The van der Waals surface area contributed by atoms with E-state index in [1.165, 1.54) is 54.0 Å². The van der Waals surface area contributed by atoms with Crippen molar-refractivity contribution in [3.63, 3.8) is 0 Å². The van der Waals surface area contributed by atoms with Gasteiger partial charge in [0.25, 0.3) is 0 Å². The fraction of sp³-hybridized carbons (Fsp3) is 0.0566. The highest BCUT2D eigenvalue weighted by molar-refractivity contribution is 6.36. The maximum atomic E-state index is 6.73. The molecule has 0 spiro atoms. The SMILES string of the molecule is CC1(C)c2ccccc2-c2nc(-n3c4ccc5c6ccccc6c6ccccc6c5c4c4ccc5ccccc5c43)nc(-c3cccc4c3oc3ccccc34)c21. The van der Waals surface area contributed by atoms with Crippen molar-refractivity contribution in [2.75, 3.05) is 0 Å². The Labute approximate surface area is 327 Å². The zero-order valence-electron chi connectivity index (χ0n) is 31.3. The second-order valence-corrected chi connectivity index (χ2v) is 16.0. The van der Waals surface area contributed by atoms with Crippen LogP contribution < -0.4 is 0 Å². The summed E-state index contributed by atoms with van der Waals surface area (Å²) in [6, 6.07) is 59.0. The number of aromatic nitrogens is 3. The maximum Gasteiger partial charge on any atom is 0.235 e. The lowest BCUT2D eigenvalue weighted by atomic mass is 9.80. The summed E-state index contributed by atoms with van der Waals surface area (Å²) in [7, 11) is 0. The quantitative estimate of drug-likeness (QED) is 0.167. The third-order valence-electron chi connectivity index (χ3n) is 12.8. The third kappa shape index (κ3) is 3.96. The predicted molar refractivity (Wildman–Crippen MR) is 237 cm³/mol. The van der Waals surface area contributed by atoms with Gasteiger partial charge in [-0.1, -0.05) is 159 Å². The second kappa shape index (κ2) is 10.9. The van der Waals surface area contributed by atoms with Gasteiger partial charge in [0.1, 0.15) is 11.2 Å². The van der Waals surface area contributed by atoms with Gasteiger partial charge in [-0.25, -0.2) is 9.97 Å². The van der Waals surface area contributed by atoms with Crippen molar-refractivity contribution in [2.24, 2.45) is 0 Å². The van der Waals surface area contributed by atoms with Gasteiger partial charge in [0.15, 0.2) is 0 Å². The molecule has 4 heteroatoms. The molecule has 0 radical (unpaired) electrons. The number of para-hydroxylation sites is 2. The number of nitrogens with zero attached hydrogens (tertiary/aromatic N) is 3. The first-order chi connectivity index (χ1) is 28.1. The number of fused-ring (bicyclic) bond motifs is 18. The Morgan fingerprint density at radius 3 is 1.84 bits per heavy atom. The molecular weight excluding hydrogens is 695 g/mol. The highest BCUT2D eigenvalue weighted by atomic mass is 16.3. The van der Waals surface area contributed by atoms with Gasteiger partial charge in [-0.05, 0) is 56.1 Å². The highest BCUT2D eigenvalue weighted by Crippen LogP contribution is 2.53. The topological polar surface area (TPSA) is 43.9 Å². The summed E-state index contributed by atoms with van der Waals surface area (Å²) in [5.74, 6) is 0.644. The van der Waals surface area contributed by atoms with E-state index in [9.17, 15) is 0 Å². The van der Waals surface area contributed by atoms with E-state index in [1.807, 2.05) is 6.07 Å². The lowest BCUT2D eigenvalue weighted by Crippen LogP contribution is -2.18. The second-order valence-electron chi connectivity index (χ2n) is 16.0. The molecule has 12 aromatic rings. The molecule has 0 N–H and O–H groups in total. The van der Waals surface area contributed by atoms with Crippen LogP contribution >= 0.6 is 0 Å². The lowest BCUT2D eigenvalue weighted by Gasteiger charge is -2.24. The summed E-state index contributed by atoms with van der Waals surface area (Å²) >= 11 is 0. The van der Waals surface area contributed by atoms with Gasteiger partial charge in [0.05, 0.1) is 22.4 Å². The fourth-order valence-electron chi connectivity index (χ4n) is 10.3. The van der Waals surface area contributed by atoms with Gasteiger partial charge in [-0.3, -0.25) is 4.57 Å². The Morgan fingerprint density at radius 2 is 1.04 bits per heavy atom. The minimum Gasteiger partial charge on any atom is -0.455 e. The number of furan rings is 1. The Bertz CT molecular complexity index is 3700. The molecule has 0 fully saturated rings. The van der Waals surface area contributed by atoms with Crippen molar-refractivity contribution in [3.8, 4) is 28.5 Å². The summed E-state index contributed by atoms with van der Waals surface area (Å²) in [5.41, 5.74) is 9.89. The van der Waals surface area contributed by atoms with E-state index in [1.54, 1.807) is 0 Å². The van der Waals surface area contributed by atoms with E-state index >= 15 is 0 Å². The van der Waals surface area contributed by atoms with Crippen LogP contribution in [-0.4, -0.2) is 14.5 Å². The largest absolute Gasteiger partial charge is 0.455 e. The summed E-state index contributed by atoms with van der Waals surface area (Å²) in [5, 5.41) is 14.4. The van der Waals surface area contributed by atoms with Crippen LogP contribution in [0.1, 0.15) is 25.0 Å². The minimum absolute atomic E-state index is 0.350. The molecule has 1 aliphatic rings. The zero-order valence-corrected chi connectivity index (χ0v) is 31.3. The number of rotatable bonds is 2. The van der Waals surface area contributed by atoms with Crippen LogP contribution in [0.3, 0.4) is 0 Å². The predicted octanol–water partition coefficient (Wildman–Crippen LogP) is 14.1. The normalized spacial score (nSPS) is 13.6. The first-order valence-electron chi connectivity index (χ1n) is 19.7. The molecule has 3 aromatic heterocycles. The molecule has 57 heavy (non-hydrogen) atoms. The monoisotopic (exact) mass is 727 g/mol. The average molecular weight is 728 g/mol. The molecule has 9 aromatic carbocycles. The molecule has 0 bridgehead atoms. The van der Waals surface area contributed by atoms with Crippen molar-refractivity contribution in [1.82, 2.24) is 14.5 Å². The number of hydrogen-bond donors (Lipinski definition) is 0. The standard InChI is InChI=1S/C53H33N3O/c1-53(2)42-24-11-9-21-39(42)48-47(53)49(41-23-13-22-38-35-19-10-12-25-44(35)57-51(38)41)55-52(54-48)56-43-29-28-37-34-18-6-5-16-32(34)33-17-7-8-20-36(33)45(37)46(43)40-27-26-30-14-3-4-15-31(30)50(40)56/h3-29H,1-2H3. The van der Waals surface area contributed by atoms with Crippen LogP contribution in [0.5, 0.6) is 0 Å². The fourth-order valence-corrected chi connectivity index (χ4v) is 10.3. The molecule has 4 nitrogen and oxygen atoms in total.